The van der Waals surface area contributed by atoms with Gasteiger partial charge in [0.25, 0.3) is 0 Å². The predicted molar refractivity (Wildman–Crippen MR) is 94.0 cm³/mol. The summed E-state index contributed by atoms with van der Waals surface area (Å²) in [7, 11) is 0. The van der Waals surface area contributed by atoms with E-state index in [0.717, 1.165) is 23.4 Å². The van der Waals surface area contributed by atoms with Crippen LogP contribution in [0.1, 0.15) is 11.1 Å². The molecule has 0 radical (unpaired) electrons. The number of hydrogen-bond acceptors (Lipinski definition) is 5. The molecular weight excluding hydrogens is 367 g/mol. The van der Waals surface area contributed by atoms with Crippen LogP contribution >= 0.6 is 11.6 Å². The molecule has 2 N–H and O–H groups in total. The maximum Gasteiger partial charge on any atom is 0.416 e. The zero-order valence-electron chi connectivity index (χ0n) is 13.5. The third-order valence-corrected chi connectivity index (χ3v) is 3.55. The van der Waals surface area contributed by atoms with Gasteiger partial charge >= 0.3 is 6.18 Å². The van der Waals surface area contributed by atoms with Crippen molar-refractivity contribution in [3.63, 3.8) is 0 Å². The standard InChI is InChI=1S/C17H13ClF3N5/c1-10-2-6-12(7-3-10)22-15-24-14(18)25-16(26-15)23-13-8-4-11(5-9-13)17(19,20)21/h2-9H,1H3,(H2,22,23,24,25,26). The molecule has 1 aromatic heterocycles. The van der Waals surface area contributed by atoms with Gasteiger partial charge in [0, 0.05) is 11.4 Å². The van der Waals surface area contributed by atoms with Crippen molar-refractivity contribution < 1.29 is 13.2 Å². The summed E-state index contributed by atoms with van der Waals surface area (Å²) in [5.41, 5.74) is 1.52. The summed E-state index contributed by atoms with van der Waals surface area (Å²) in [6.07, 6.45) is -4.39. The second-order valence-corrected chi connectivity index (χ2v) is 5.78. The lowest BCUT2D eigenvalue weighted by Gasteiger charge is -2.10. The normalized spacial score (nSPS) is 11.3. The van der Waals surface area contributed by atoms with Crippen LogP contribution in [-0.4, -0.2) is 15.0 Å². The van der Waals surface area contributed by atoms with Gasteiger partial charge in [0.15, 0.2) is 0 Å². The van der Waals surface area contributed by atoms with E-state index in [1.54, 1.807) is 0 Å². The topological polar surface area (TPSA) is 62.7 Å². The minimum atomic E-state index is -4.39. The highest BCUT2D eigenvalue weighted by Crippen LogP contribution is 2.30. The molecule has 5 nitrogen and oxygen atoms in total. The zero-order chi connectivity index (χ0) is 18.7. The Morgan fingerprint density at radius 1 is 0.769 bits per heavy atom. The van der Waals surface area contributed by atoms with Gasteiger partial charge in [0.1, 0.15) is 0 Å². The minimum absolute atomic E-state index is 0.0518. The van der Waals surface area contributed by atoms with Gasteiger partial charge in [-0.1, -0.05) is 17.7 Å². The highest BCUT2D eigenvalue weighted by molar-refractivity contribution is 6.28. The van der Waals surface area contributed by atoms with Crippen LogP contribution < -0.4 is 10.6 Å². The highest BCUT2D eigenvalue weighted by atomic mass is 35.5. The molecule has 0 spiro atoms. The van der Waals surface area contributed by atoms with Crippen molar-refractivity contribution in [2.75, 3.05) is 10.6 Å². The molecule has 0 atom stereocenters. The van der Waals surface area contributed by atoms with Crippen molar-refractivity contribution in [1.82, 2.24) is 15.0 Å². The number of rotatable bonds is 4. The molecule has 0 saturated heterocycles. The van der Waals surface area contributed by atoms with Crippen LogP contribution in [-0.2, 0) is 6.18 Å². The molecule has 26 heavy (non-hydrogen) atoms. The Kier molecular flexibility index (Phi) is 4.94. The largest absolute Gasteiger partial charge is 0.416 e. The van der Waals surface area contributed by atoms with E-state index in [1.807, 2.05) is 31.2 Å². The fraction of sp³-hybridized carbons (Fsp3) is 0.118. The van der Waals surface area contributed by atoms with Crippen LogP contribution in [0.3, 0.4) is 0 Å². The molecule has 9 heteroatoms. The van der Waals surface area contributed by atoms with Crippen molar-refractivity contribution in [1.29, 1.82) is 0 Å². The number of nitrogens with one attached hydrogen (secondary N) is 2. The Bertz CT molecular complexity index is 896. The van der Waals surface area contributed by atoms with Crippen LogP contribution in [0.2, 0.25) is 5.28 Å². The van der Waals surface area contributed by atoms with E-state index >= 15 is 0 Å². The molecule has 3 aromatic rings. The van der Waals surface area contributed by atoms with E-state index in [0.29, 0.717) is 5.69 Å². The first-order chi connectivity index (χ1) is 12.3. The summed E-state index contributed by atoms with van der Waals surface area (Å²) in [6.45, 7) is 1.97. The third kappa shape index (κ3) is 4.60. The van der Waals surface area contributed by atoms with E-state index in [1.165, 1.54) is 12.1 Å². The SMILES string of the molecule is Cc1ccc(Nc2nc(Cl)nc(Nc3ccc(C(F)(F)F)cc3)n2)cc1. The van der Waals surface area contributed by atoms with E-state index in [-0.39, 0.29) is 17.2 Å². The highest BCUT2D eigenvalue weighted by Gasteiger charge is 2.29. The van der Waals surface area contributed by atoms with Crippen molar-refractivity contribution in [2.45, 2.75) is 13.1 Å². The van der Waals surface area contributed by atoms with E-state index in [9.17, 15) is 13.2 Å². The summed E-state index contributed by atoms with van der Waals surface area (Å²) in [5.74, 6) is 0.322. The average molecular weight is 380 g/mol. The van der Waals surface area contributed by atoms with Gasteiger partial charge in [-0.05, 0) is 54.9 Å². The summed E-state index contributed by atoms with van der Waals surface area (Å²) < 4.78 is 37.8. The molecule has 1 heterocycles. The van der Waals surface area contributed by atoms with Crippen molar-refractivity contribution >= 4 is 34.9 Å². The van der Waals surface area contributed by atoms with Gasteiger partial charge in [-0.2, -0.15) is 28.1 Å². The Hall–Kier alpha value is -2.87. The molecule has 0 saturated carbocycles. The lowest BCUT2D eigenvalue weighted by molar-refractivity contribution is -0.137. The Labute approximate surface area is 152 Å². The van der Waals surface area contributed by atoms with Crippen LogP contribution in [0.25, 0.3) is 0 Å². The van der Waals surface area contributed by atoms with Crippen LogP contribution in [0.4, 0.5) is 36.4 Å². The Morgan fingerprint density at radius 3 is 1.69 bits per heavy atom. The summed E-state index contributed by atoms with van der Waals surface area (Å²) in [5, 5.41) is 5.74. The average Bonchev–Trinajstić information content (AvgIpc) is 2.56. The van der Waals surface area contributed by atoms with Crippen molar-refractivity contribution in [2.24, 2.45) is 0 Å². The number of benzene rings is 2. The molecule has 2 aromatic carbocycles. The van der Waals surface area contributed by atoms with E-state index in [4.69, 9.17) is 11.6 Å². The van der Waals surface area contributed by atoms with Crippen molar-refractivity contribution in [3.05, 3.63) is 64.9 Å². The fourth-order valence-corrected chi connectivity index (χ4v) is 2.26. The van der Waals surface area contributed by atoms with Crippen LogP contribution in [0.15, 0.2) is 48.5 Å². The van der Waals surface area contributed by atoms with Gasteiger partial charge in [-0.3, -0.25) is 0 Å². The summed E-state index contributed by atoms with van der Waals surface area (Å²) in [6, 6.07) is 12.1. The molecular formula is C17H13ClF3N5. The first-order valence-corrected chi connectivity index (χ1v) is 7.87. The quantitative estimate of drug-likeness (QED) is 0.640. The summed E-state index contributed by atoms with van der Waals surface area (Å²) >= 11 is 5.90. The number of alkyl halides is 3. The first-order valence-electron chi connectivity index (χ1n) is 7.49. The maximum atomic E-state index is 12.6. The maximum absolute atomic E-state index is 12.6. The predicted octanol–water partition coefficient (Wildman–Crippen LogP) is 5.34. The molecule has 0 bridgehead atoms. The van der Waals surface area contributed by atoms with Crippen LogP contribution in [0, 0.1) is 6.92 Å². The number of hydrogen-bond donors (Lipinski definition) is 2. The van der Waals surface area contributed by atoms with Gasteiger partial charge in [0.2, 0.25) is 17.2 Å². The van der Waals surface area contributed by atoms with E-state index < -0.39 is 11.7 Å². The minimum Gasteiger partial charge on any atom is -0.324 e. The van der Waals surface area contributed by atoms with Crippen LogP contribution in [0.5, 0.6) is 0 Å². The third-order valence-electron chi connectivity index (χ3n) is 3.38. The second kappa shape index (κ2) is 7.17. The summed E-state index contributed by atoms with van der Waals surface area (Å²) in [4.78, 5) is 12.1. The number of aryl methyl sites for hydroxylation is 1. The van der Waals surface area contributed by atoms with Gasteiger partial charge in [-0.25, -0.2) is 0 Å². The molecule has 3 rings (SSSR count). The Balaban J connectivity index is 1.78. The number of halogens is 4. The molecule has 0 aliphatic rings. The molecule has 0 aliphatic heterocycles. The number of aromatic nitrogens is 3. The smallest absolute Gasteiger partial charge is 0.324 e. The number of anilines is 4. The second-order valence-electron chi connectivity index (χ2n) is 5.44. The lowest BCUT2D eigenvalue weighted by atomic mass is 10.2. The van der Waals surface area contributed by atoms with Gasteiger partial charge in [-0.15, -0.1) is 0 Å². The lowest BCUT2D eigenvalue weighted by Crippen LogP contribution is -2.06. The Morgan fingerprint density at radius 2 is 1.23 bits per heavy atom. The molecule has 0 unspecified atom stereocenters. The van der Waals surface area contributed by atoms with Crippen molar-refractivity contribution in [3.8, 4) is 0 Å². The molecule has 0 fully saturated rings. The number of nitrogens with zero attached hydrogens (tertiary/aromatic N) is 3. The van der Waals surface area contributed by atoms with E-state index in [2.05, 4.69) is 25.6 Å². The monoisotopic (exact) mass is 379 g/mol. The first kappa shape index (κ1) is 17.9. The molecule has 134 valence electrons. The van der Waals surface area contributed by atoms with Gasteiger partial charge in [0.05, 0.1) is 5.56 Å². The zero-order valence-corrected chi connectivity index (χ0v) is 14.2. The molecule has 0 amide bonds. The fourth-order valence-electron chi connectivity index (χ4n) is 2.10. The molecule has 0 aliphatic carbocycles. The van der Waals surface area contributed by atoms with Gasteiger partial charge < -0.3 is 10.6 Å².